The van der Waals surface area contributed by atoms with Crippen LogP contribution >= 0.6 is 7.82 Å². The number of aliphatic hydroxyl groups is 3. The molecule has 86 valence electrons. The van der Waals surface area contributed by atoms with Crippen LogP contribution in [0.3, 0.4) is 0 Å². The Morgan fingerprint density at radius 2 is 2.00 bits per heavy atom. The van der Waals surface area contributed by atoms with E-state index in [2.05, 4.69) is 9.26 Å². The molecule has 0 heterocycles. The molecule has 8 nitrogen and oxygen atoms in total. The maximum Gasteiger partial charge on any atom is 0.469 e. The summed E-state index contributed by atoms with van der Waals surface area (Å²) in [5.41, 5.74) is 0. The fraction of sp³-hybridized carbons (Fsp3) is 1.00. The molecule has 2 atom stereocenters. The van der Waals surface area contributed by atoms with Crippen molar-refractivity contribution in [2.24, 2.45) is 0 Å². The summed E-state index contributed by atoms with van der Waals surface area (Å²) in [6, 6.07) is 0. The molecule has 0 aromatic rings. The Morgan fingerprint density at radius 1 is 1.50 bits per heavy atom. The molecule has 0 spiro atoms. The van der Waals surface area contributed by atoms with E-state index < -0.39 is 32.9 Å². The van der Waals surface area contributed by atoms with Gasteiger partial charge in [-0.1, -0.05) is 0 Å². The maximum atomic E-state index is 10.2. The van der Waals surface area contributed by atoms with Crippen LogP contribution in [0, 0.1) is 0 Å². The molecule has 0 saturated carbocycles. The number of phosphoric ester groups is 1. The first-order valence-corrected chi connectivity index (χ1v) is 5.05. The van der Waals surface area contributed by atoms with Crippen LogP contribution in [0.5, 0.6) is 0 Å². The fourth-order valence-electron chi connectivity index (χ4n) is 0.604. The molecule has 0 radical (unpaired) electrons. The minimum absolute atomic E-state index is 0.866. The highest BCUT2D eigenvalue weighted by atomic mass is 31.2. The van der Waals surface area contributed by atoms with Crippen molar-refractivity contribution < 1.29 is 38.9 Å². The highest BCUT2D eigenvalue weighted by molar-refractivity contribution is 7.46. The number of hydrogen-bond donors (Lipinski definition) is 5. The third kappa shape index (κ3) is 4.45. The molecule has 9 heteroatoms. The zero-order valence-electron chi connectivity index (χ0n) is 7.40. The Labute approximate surface area is 79.9 Å². The predicted octanol–water partition coefficient (Wildman–Crippen LogP) is -2.22. The van der Waals surface area contributed by atoms with Crippen LogP contribution in [0.15, 0.2) is 0 Å². The van der Waals surface area contributed by atoms with Crippen LogP contribution in [-0.4, -0.2) is 57.3 Å². The molecular weight excluding hydrogens is 219 g/mol. The van der Waals surface area contributed by atoms with E-state index in [9.17, 15) is 9.67 Å². The second-order valence-corrected chi connectivity index (χ2v) is 3.75. The zero-order chi connectivity index (χ0) is 11.4. The highest BCUT2D eigenvalue weighted by Gasteiger charge is 2.36. The molecule has 0 rings (SSSR count). The number of phosphoric acid groups is 1. The minimum Gasteiger partial charge on any atom is -0.391 e. The number of rotatable bonds is 6. The molecule has 5 N–H and O–H groups in total. The fourth-order valence-corrected chi connectivity index (χ4v) is 0.939. The van der Waals surface area contributed by atoms with E-state index in [1.165, 1.54) is 0 Å². The summed E-state index contributed by atoms with van der Waals surface area (Å²) < 4.78 is 18.5. The lowest BCUT2D eigenvalue weighted by Crippen LogP contribution is -2.49. The van der Waals surface area contributed by atoms with Gasteiger partial charge < -0.3 is 29.8 Å². The lowest BCUT2D eigenvalue weighted by Gasteiger charge is -2.28. The van der Waals surface area contributed by atoms with E-state index in [0.29, 0.717) is 0 Å². The van der Waals surface area contributed by atoms with Crippen LogP contribution in [0.25, 0.3) is 0 Å². The summed E-state index contributed by atoms with van der Waals surface area (Å²) in [6.45, 7) is -1.80. The van der Waals surface area contributed by atoms with E-state index >= 15 is 0 Å². The Kier molecular flexibility index (Phi) is 5.13. The van der Waals surface area contributed by atoms with Crippen LogP contribution in [0.2, 0.25) is 0 Å². The second kappa shape index (κ2) is 5.15. The highest BCUT2D eigenvalue weighted by Crippen LogP contribution is 2.36. The third-order valence-corrected chi connectivity index (χ3v) is 1.99. The number of hydrogen-bond acceptors (Lipinski definition) is 6. The van der Waals surface area contributed by atoms with Crippen molar-refractivity contribution in [1.82, 2.24) is 0 Å². The Hall–Kier alpha value is -0.0500. The Morgan fingerprint density at radius 3 is 2.29 bits per heavy atom. The maximum absolute atomic E-state index is 10.2. The molecular formula is C5H13O8P. The summed E-state index contributed by atoms with van der Waals surface area (Å²) in [5.74, 6) is -2.30. The molecule has 0 amide bonds. The van der Waals surface area contributed by atoms with Gasteiger partial charge in [-0.2, -0.15) is 0 Å². The minimum atomic E-state index is -4.72. The molecule has 0 saturated heterocycles. The van der Waals surface area contributed by atoms with Crippen molar-refractivity contribution in [3.8, 4) is 0 Å². The normalized spacial score (nSPS) is 19.0. The van der Waals surface area contributed by atoms with E-state index in [1.54, 1.807) is 0 Å². The molecule has 0 aliphatic rings. The second-order valence-electron chi connectivity index (χ2n) is 2.51. The van der Waals surface area contributed by atoms with Gasteiger partial charge in [-0.15, -0.1) is 0 Å². The molecule has 0 bridgehead atoms. The first-order valence-electron chi connectivity index (χ1n) is 3.51. The number of methoxy groups -OCH3 is 1. The smallest absolute Gasteiger partial charge is 0.391 e. The van der Waals surface area contributed by atoms with Crippen molar-refractivity contribution in [1.29, 1.82) is 0 Å². The van der Waals surface area contributed by atoms with Crippen molar-refractivity contribution in [2.75, 3.05) is 20.3 Å². The van der Waals surface area contributed by atoms with Crippen molar-refractivity contribution in [3.05, 3.63) is 0 Å². The monoisotopic (exact) mass is 232 g/mol. The van der Waals surface area contributed by atoms with Crippen LogP contribution in [0.1, 0.15) is 0 Å². The predicted molar refractivity (Wildman–Crippen MR) is 43.0 cm³/mol. The molecule has 0 aromatic carbocycles. The van der Waals surface area contributed by atoms with Gasteiger partial charge in [0, 0.05) is 7.11 Å². The van der Waals surface area contributed by atoms with Crippen LogP contribution in [-0.2, 0) is 13.8 Å². The molecule has 14 heavy (non-hydrogen) atoms. The lowest BCUT2D eigenvalue weighted by molar-refractivity contribution is -0.264. The van der Waals surface area contributed by atoms with Gasteiger partial charge in [0.25, 0.3) is 0 Å². The first kappa shape index (κ1) is 13.9. The van der Waals surface area contributed by atoms with Gasteiger partial charge in [-0.05, 0) is 0 Å². The molecule has 0 unspecified atom stereocenters. The molecule has 0 aliphatic heterocycles. The van der Waals surface area contributed by atoms with E-state index in [0.717, 1.165) is 7.11 Å². The Balaban J connectivity index is 4.19. The van der Waals surface area contributed by atoms with Crippen molar-refractivity contribution >= 4 is 7.82 Å². The third-order valence-electron chi connectivity index (χ3n) is 1.50. The summed E-state index contributed by atoms with van der Waals surface area (Å²) in [5, 5.41) is 27.0. The lowest BCUT2D eigenvalue weighted by atomic mass is 10.2. The largest absolute Gasteiger partial charge is 0.469 e. The average molecular weight is 232 g/mol. The summed E-state index contributed by atoms with van der Waals surface area (Å²) >= 11 is 0. The molecule has 0 fully saturated rings. The van der Waals surface area contributed by atoms with Crippen LogP contribution < -0.4 is 0 Å². The zero-order valence-corrected chi connectivity index (χ0v) is 8.29. The van der Waals surface area contributed by atoms with Gasteiger partial charge >= 0.3 is 7.82 Å². The van der Waals surface area contributed by atoms with Gasteiger partial charge in [0.05, 0.1) is 13.2 Å². The average Bonchev–Trinajstić information content (AvgIpc) is 2.11. The van der Waals surface area contributed by atoms with E-state index in [-0.39, 0.29) is 0 Å². The van der Waals surface area contributed by atoms with Gasteiger partial charge in [0.15, 0.2) is 0 Å². The van der Waals surface area contributed by atoms with Crippen LogP contribution in [0.4, 0.5) is 0 Å². The number of aliphatic hydroxyl groups excluding tert-OH is 2. The van der Waals surface area contributed by atoms with Gasteiger partial charge in [0.2, 0.25) is 5.79 Å². The summed E-state index contributed by atoms with van der Waals surface area (Å²) in [4.78, 5) is 16.5. The summed E-state index contributed by atoms with van der Waals surface area (Å²) in [6.07, 6.45) is -1.77. The molecule has 0 aliphatic carbocycles. The van der Waals surface area contributed by atoms with Gasteiger partial charge in [-0.25, -0.2) is 4.57 Å². The number of ether oxygens (including phenoxy) is 1. The van der Waals surface area contributed by atoms with Gasteiger partial charge in [0.1, 0.15) is 6.10 Å². The first-order chi connectivity index (χ1) is 6.25. The van der Waals surface area contributed by atoms with E-state index in [4.69, 9.17) is 20.0 Å². The SMILES string of the molecule is CO[C@](O)(CO)[C@H](O)COP(=O)(O)O. The Bertz CT molecular complexity index is 208. The molecule has 0 aromatic heterocycles. The summed E-state index contributed by atoms with van der Waals surface area (Å²) in [7, 11) is -3.71. The van der Waals surface area contributed by atoms with E-state index in [1.807, 2.05) is 0 Å². The quantitative estimate of drug-likeness (QED) is 0.256. The van der Waals surface area contributed by atoms with Gasteiger partial charge in [-0.3, -0.25) is 4.52 Å². The topological polar surface area (TPSA) is 137 Å². The standard InChI is InChI=1S/C5H13O8P/c1-12-5(8,3-6)4(7)2-13-14(9,10)11/h4,6-8H,2-3H2,1H3,(H2,9,10,11)/t4-,5-/m1/s1. The van der Waals surface area contributed by atoms with Crippen molar-refractivity contribution in [3.63, 3.8) is 0 Å². The van der Waals surface area contributed by atoms with Crippen molar-refractivity contribution in [2.45, 2.75) is 11.9 Å².